The van der Waals surface area contributed by atoms with Gasteiger partial charge in [-0.2, -0.15) is 0 Å². The Morgan fingerprint density at radius 1 is 0.303 bits per heavy atom. The number of pyridine rings is 4. The lowest BCUT2D eigenvalue weighted by molar-refractivity contribution is 0.658. The standard InChI is InChI=1S/C42H32N2.C18H20.C12H8N2/c1-41(2)33-11-7-5-9-29(33)31-19-15-27(23-35(31)41)37-21-17-25-13-14-26-18-22-38(44-40(26)39(25)43-37)28-16-20-32-30-10-6-8-12-34(30)42(3,4)36(32)24-28;1-12(2)13-9-10-15-14-7-5-6-8-16(14)18(3,4)17(15)11-13;1-3-9-5-6-10-4-2-8-14-12(10)11(9)13-7-1/h5-24H,1-4H3;5-12H,1-4H3;1-8H. The lowest BCUT2D eigenvalue weighted by Crippen LogP contribution is -2.15. The van der Waals surface area contributed by atoms with E-state index < -0.39 is 0 Å². The van der Waals surface area contributed by atoms with Crippen LogP contribution in [0.15, 0.2) is 213 Å². The van der Waals surface area contributed by atoms with E-state index >= 15 is 0 Å². The summed E-state index contributed by atoms with van der Waals surface area (Å²) >= 11 is 0. The molecule has 15 rings (SSSR count). The number of rotatable bonds is 3. The average molecular weight is 981 g/mol. The van der Waals surface area contributed by atoms with Crippen LogP contribution < -0.4 is 0 Å². The van der Waals surface area contributed by atoms with Crippen molar-refractivity contribution in [1.82, 2.24) is 19.9 Å². The van der Waals surface area contributed by atoms with Gasteiger partial charge in [0.05, 0.1) is 33.5 Å². The van der Waals surface area contributed by atoms with Gasteiger partial charge in [0, 0.05) is 61.3 Å². The molecule has 0 spiro atoms. The molecule has 0 fully saturated rings. The predicted molar refractivity (Wildman–Crippen MR) is 318 cm³/mol. The Morgan fingerprint density at radius 2 is 0.645 bits per heavy atom. The largest absolute Gasteiger partial charge is 0.254 e. The molecule has 0 aliphatic heterocycles. The first-order chi connectivity index (χ1) is 36.8. The third kappa shape index (κ3) is 7.56. The zero-order chi connectivity index (χ0) is 52.1. The zero-order valence-electron chi connectivity index (χ0n) is 44.6. The van der Waals surface area contributed by atoms with Gasteiger partial charge in [0.15, 0.2) is 0 Å². The van der Waals surface area contributed by atoms with Gasteiger partial charge in [-0.3, -0.25) is 9.97 Å². The summed E-state index contributed by atoms with van der Waals surface area (Å²) < 4.78 is 0. The first kappa shape index (κ1) is 47.1. The number of aromatic nitrogens is 4. The molecular weight excluding hydrogens is 921 g/mol. The van der Waals surface area contributed by atoms with Gasteiger partial charge in [0.25, 0.3) is 0 Å². The lowest BCUT2D eigenvalue weighted by Gasteiger charge is -2.22. The van der Waals surface area contributed by atoms with Gasteiger partial charge in [-0.25, -0.2) is 9.97 Å². The summed E-state index contributed by atoms with van der Waals surface area (Å²) in [5.41, 5.74) is 26.1. The SMILES string of the molecule is CC(C)c1ccc2c(c1)C(C)(C)c1ccccc1-2.CC1(C)c2ccccc2-c2ccc(-c3ccc4ccc5ccc(-c6ccc7c(c6)C(C)(C)c6ccccc6-7)nc5c4n3)cc21.c1cnc2c(c1)ccc1cccnc12. The van der Waals surface area contributed by atoms with Crippen LogP contribution in [0.2, 0.25) is 0 Å². The molecule has 12 aromatic rings. The van der Waals surface area contributed by atoms with Crippen LogP contribution in [0.25, 0.3) is 99.5 Å². The maximum atomic E-state index is 5.28. The maximum Gasteiger partial charge on any atom is 0.0972 e. The first-order valence-electron chi connectivity index (χ1n) is 26.8. The summed E-state index contributed by atoms with van der Waals surface area (Å²) in [6.45, 7) is 18.5. The minimum absolute atomic E-state index is 0.0479. The molecule has 3 aliphatic carbocycles. The Balaban J connectivity index is 0.000000140. The average Bonchev–Trinajstić information content (AvgIpc) is 3.94. The molecule has 0 atom stereocenters. The zero-order valence-corrected chi connectivity index (χ0v) is 44.6. The summed E-state index contributed by atoms with van der Waals surface area (Å²) in [5, 5.41) is 4.48. The second kappa shape index (κ2) is 17.8. The van der Waals surface area contributed by atoms with Gasteiger partial charge in [-0.15, -0.1) is 0 Å². The van der Waals surface area contributed by atoms with Gasteiger partial charge >= 0.3 is 0 Å². The molecule has 4 heteroatoms. The molecule has 8 aromatic carbocycles. The van der Waals surface area contributed by atoms with E-state index in [2.05, 4.69) is 253 Å². The molecule has 0 radical (unpaired) electrons. The van der Waals surface area contributed by atoms with Crippen molar-refractivity contribution in [3.63, 3.8) is 0 Å². The summed E-state index contributed by atoms with van der Waals surface area (Å²) in [4.78, 5) is 19.2. The van der Waals surface area contributed by atoms with E-state index in [1.807, 2.05) is 12.1 Å². The monoisotopic (exact) mass is 980 g/mol. The fraction of sp³-hybridized carbons (Fsp3) is 0.167. The van der Waals surface area contributed by atoms with Crippen molar-refractivity contribution in [2.75, 3.05) is 0 Å². The molecule has 4 heterocycles. The van der Waals surface area contributed by atoms with E-state index in [0.717, 1.165) is 66.1 Å². The van der Waals surface area contributed by atoms with Crippen molar-refractivity contribution in [1.29, 1.82) is 0 Å². The Kier molecular flexibility index (Phi) is 11.0. The molecule has 0 unspecified atom stereocenters. The van der Waals surface area contributed by atoms with Crippen molar-refractivity contribution in [3.05, 3.63) is 252 Å². The highest BCUT2D eigenvalue weighted by Gasteiger charge is 2.37. The topological polar surface area (TPSA) is 51.6 Å². The fourth-order valence-corrected chi connectivity index (χ4v) is 12.6. The first-order valence-corrected chi connectivity index (χ1v) is 26.8. The number of hydrogen-bond acceptors (Lipinski definition) is 4. The number of fused-ring (bicyclic) bond motifs is 15. The van der Waals surface area contributed by atoms with Crippen LogP contribution in [0.1, 0.15) is 100 Å². The van der Waals surface area contributed by atoms with Gasteiger partial charge in [-0.05, 0) is 115 Å². The molecule has 4 nitrogen and oxygen atoms in total. The Labute approximate surface area is 446 Å². The molecule has 76 heavy (non-hydrogen) atoms. The minimum Gasteiger partial charge on any atom is -0.254 e. The molecule has 0 amide bonds. The summed E-state index contributed by atoms with van der Waals surface area (Å²) in [7, 11) is 0. The van der Waals surface area contributed by atoms with E-state index in [1.54, 1.807) is 12.4 Å². The number of benzene rings is 8. The second-order valence-corrected chi connectivity index (χ2v) is 22.8. The highest BCUT2D eigenvalue weighted by molar-refractivity contribution is 6.05. The Hall–Kier alpha value is -8.60. The van der Waals surface area contributed by atoms with Crippen LogP contribution in [-0.2, 0) is 16.2 Å². The highest BCUT2D eigenvalue weighted by atomic mass is 14.8. The molecule has 0 bridgehead atoms. The highest BCUT2D eigenvalue weighted by Crippen LogP contribution is 2.52. The predicted octanol–water partition coefficient (Wildman–Crippen LogP) is 18.6. The summed E-state index contributed by atoms with van der Waals surface area (Å²) in [6.07, 6.45) is 3.60. The van der Waals surface area contributed by atoms with Gasteiger partial charge in [-0.1, -0.05) is 219 Å². The van der Waals surface area contributed by atoms with Gasteiger partial charge in [0.2, 0.25) is 0 Å². The second-order valence-electron chi connectivity index (χ2n) is 22.8. The summed E-state index contributed by atoms with van der Waals surface area (Å²) in [6, 6.07) is 72.2. The van der Waals surface area contributed by atoms with Crippen molar-refractivity contribution >= 4 is 43.6 Å². The molecule has 0 saturated heterocycles. The van der Waals surface area contributed by atoms with E-state index in [4.69, 9.17) is 9.97 Å². The molecule has 368 valence electrons. The lowest BCUT2D eigenvalue weighted by atomic mass is 9.81. The van der Waals surface area contributed by atoms with Crippen molar-refractivity contribution in [3.8, 4) is 55.9 Å². The Bertz CT molecular complexity index is 4090. The van der Waals surface area contributed by atoms with Crippen LogP contribution >= 0.6 is 0 Å². The van der Waals surface area contributed by atoms with Crippen LogP contribution in [0.4, 0.5) is 0 Å². The maximum absolute atomic E-state index is 5.28. The third-order valence-electron chi connectivity index (χ3n) is 16.9. The molecule has 4 aromatic heterocycles. The van der Waals surface area contributed by atoms with Gasteiger partial charge in [0.1, 0.15) is 0 Å². The fourth-order valence-electron chi connectivity index (χ4n) is 12.6. The summed E-state index contributed by atoms with van der Waals surface area (Å²) in [5.74, 6) is 0.592. The van der Waals surface area contributed by atoms with Gasteiger partial charge < -0.3 is 0 Å². The molecule has 3 aliphatic rings. The molecular formula is C72H60N4. The van der Waals surface area contributed by atoms with E-state index in [-0.39, 0.29) is 16.2 Å². The van der Waals surface area contributed by atoms with Crippen LogP contribution in [0.5, 0.6) is 0 Å². The van der Waals surface area contributed by atoms with Crippen LogP contribution in [0, 0.1) is 0 Å². The molecule has 0 saturated carbocycles. The van der Waals surface area contributed by atoms with E-state index in [1.165, 1.54) is 72.3 Å². The molecule has 0 N–H and O–H groups in total. The van der Waals surface area contributed by atoms with E-state index in [9.17, 15) is 0 Å². The van der Waals surface area contributed by atoms with Crippen molar-refractivity contribution in [2.45, 2.75) is 77.6 Å². The van der Waals surface area contributed by atoms with Crippen molar-refractivity contribution < 1.29 is 0 Å². The normalized spacial score (nSPS) is 14.5. The van der Waals surface area contributed by atoms with Crippen LogP contribution in [0.3, 0.4) is 0 Å². The number of nitrogens with zero attached hydrogens (tertiary/aromatic N) is 4. The number of hydrogen-bond donors (Lipinski definition) is 0. The van der Waals surface area contributed by atoms with E-state index in [0.29, 0.717) is 5.92 Å². The Morgan fingerprint density at radius 3 is 1.05 bits per heavy atom. The third-order valence-corrected chi connectivity index (χ3v) is 16.9. The van der Waals surface area contributed by atoms with Crippen molar-refractivity contribution in [2.24, 2.45) is 0 Å². The smallest absolute Gasteiger partial charge is 0.0972 e. The van der Waals surface area contributed by atoms with Crippen LogP contribution in [-0.4, -0.2) is 19.9 Å². The minimum atomic E-state index is -0.0479. The quantitative estimate of drug-likeness (QED) is 0.166.